The van der Waals surface area contributed by atoms with Crippen molar-refractivity contribution in [3.63, 3.8) is 0 Å². The number of aliphatic hydroxyl groups is 2. The third-order valence-electron chi connectivity index (χ3n) is 9.79. The number of hydrogen-bond donors (Lipinski definition) is 2. The highest BCUT2D eigenvalue weighted by atomic mass is 16.6. The summed E-state index contributed by atoms with van der Waals surface area (Å²) in [7, 11) is 0. The fraction of sp³-hybridized carbons (Fsp3) is 0.640. The van der Waals surface area contributed by atoms with E-state index in [2.05, 4.69) is 6.92 Å². The quantitative estimate of drug-likeness (QED) is 0.476. The van der Waals surface area contributed by atoms with Crippen molar-refractivity contribution in [1.82, 2.24) is 0 Å². The van der Waals surface area contributed by atoms with Crippen LogP contribution in [-0.4, -0.2) is 45.7 Å². The first-order chi connectivity index (χ1) is 14.9. The largest absolute Gasteiger partial charge is 0.504 e. The van der Waals surface area contributed by atoms with Gasteiger partial charge in [0.15, 0.2) is 11.5 Å². The zero-order chi connectivity index (χ0) is 23.0. The number of aliphatic hydroxyl groups excluding tert-OH is 2. The Labute approximate surface area is 186 Å². The Morgan fingerprint density at radius 3 is 2.50 bits per heavy atom. The summed E-state index contributed by atoms with van der Waals surface area (Å²) in [5.41, 5.74) is -1.74. The number of carbonyl (C=O) groups excluding carboxylic acids is 3. The average Bonchev–Trinajstić information content (AvgIpc) is 3.23. The summed E-state index contributed by atoms with van der Waals surface area (Å²) in [4.78, 5) is 38.2. The fourth-order valence-electron chi connectivity index (χ4n) is 8.28. The van der Waals surface area contributed by atoms with Crippen molar-refractivity contribution >= 4 is 17.5 Å². The highest BCUT2D eigenvalue weighted by molar-refractivity contribution is 6.05. The molecule has 8 atom stereocenters. The minimum Gasteiger partial charge on any atom is -0.504 e. The Morgan fingerprint density at radius 1 is 1.12 bits per heavy atom. The molecule has 1 saturated heterocycles. The standard InChI is InChI=1S/C25H28O7/c1-22(2)14(26)6-7-23(3)12-5-8-24(4)13(11-9-16(27)31-21(11)30)10-15-25(24,32-15)17(12)18(28)19(29)20(22)23/h6-7,9,12-13,15,17,21,29-30H,5,8,10H2,1-4H3/t12-,13-,15+,17-,21?,23+,24-,25-/m0/s1. The number of ether oxygens (including phenoxy) is 2. The van der Waals surface area contributed by atoms with Crippen LogP contribution in [0.15, 0.2) is 35.1 Å². The van der Waals surface area contributed by atoms with E-state index in [1.165, 1.54) is 6.08 Å². The number of fused-ring (bicyclic) bond motifs is 3. The second-order valence-corrected chi connectivity index (χ2v) is 11.4. The lowest BCUT2D eigenvalue weighted by molar-refractivity contribution is -0.153. The average molecular weight is 440 g/mol. The molecule has 32 heavy (non-hydrogen) atoms. The Bertz CT molecular complexity index is 1100. The number of carbonyl (C=O) groups is 3. The van der Waals surface area contributed by atoms with E-state index >= 15 is 0 Å². The number of rotatable bonds is 1. The van der Waals surface area contributed by atoms with Gasteiger partial charge >= 0.3 is 5.97 Å². The number of esters is 1. The van der Waals surface area contributed by atoms with Gasteiger partial charge in [-0.25, -0.2) is 4.79 Å². The third kappa shape index (κ3) is 2.00. The zero-order valence-electron chi connectivity index (χ0n) is 18.7. The van der Waals surface area contributed by atoms with Crippen molar-refractivity contribution in [3.05, 3.63) is 35.1 Å². The van der Waals surface area contributed by atoms with E-state index in [4.69, 9.17) is 9.47 Å². The van der Waals surface area contributed by atoms with Gasteiger partial charge in [0.1, 0.15) is 5.60 Å². The first kappa shape index (κ1) is 20.4. The molecule has 7 nitrogen and oxygen atoms in total. The van der Waals surface area contributed by atoms with Crippen LogP contribution in [0.3, 0.4) is 0 Å². The molecule has 4 aliphatic carbocycles. The summed E-state index contributed by atoms with van der Waals surface area (Å²) in [5.74, 6) is -2.11. The van der Waals surface area contributed by atoms with Gasteiger partial charge < -0.3 is 19.7 Å². The van der Waals surface area contributed by atoms with Gasteiger partial charge in [0.25, 0.3) is 0 Å². The number of hydrogen-bond acceptors (Lipinski definition) is 7. The first-order valence-electron chi connectivity index (χ1n) is 11.4. The van der Waals surface area contributed by atoms with Gasteiger partial charge in [0.05, 0.1) is 17.4 Å². The monoisotopic (exact) mass is 440 g/mol. The molecule has 1 unspecified atom stereocenters. The molecular formula is C25H28O7. The van der Waals surface area contributed by atoms with Crippen LogP contribution in [-0.2, 0) is 23.9 Å². The van der Waals surface area contributed by atoms with Gasteiger partial charge in [-0.3, -0.25) is 9.59 Å². The van der Waals surface area contributed by atoms with Gasteiger partial charge in [-0.2, -0.15) is 0 Å². The predicted molar refractivity (Wildman–Crippen MR) is 111 cm³/mol. The van der Waals surface area contributed by atoms with E-state index < -0.39 is 40.0 Å². The first-order valence-corrected chi connectivity index (χ1v) is 11.4. The van der Waals surface area contributed by atoms with Crippen molar-refractivity contribution in [2.24, 2.45) is 34.0 Å². The van der Waals surface area contributed by atoms with E-state index in [1.54, 1.807) is 19.9 Å². The molecule has 3 fully saturated rings. The molecule has 7 heteroatoms. The SMILES string of the molecule is CC1(C)C(=O)C=C[C@@]2(C)C1=C(O)C(=O)[C@@H]1[C@@H]2CC[C@@]2(C)[C@H](C3=CC(=O)OC3O)C[C@H]3O[C@]132. The van der Waals surface area contributed by atoms with Gasteiger partial charge in [-0.1, -0.05) is 19.9 Å². The van der Waals surface area contributed by atoms with E-state index in [9.17, 15) is 24.6 Å². The van der Waals surface area contributed by atoms with Crippen molar-refractivity contribution < 1.29 is 34.1 Å². The second-order valence-electron chi connectivity index (χ2n) is 11.4. The van der Waals surface area contributed by atoms with Crippen LogP contribution in [0.1, 0.15) is 47.0 Å². The summed E-state index contributed by atoms with van der Waals surface area (Å²) in [6.45, 7) is 7.64. The van der Waals surface area contributed by atoms with Crippen molar-refractivity contribution in [1.29, 1.82) is 0 Å². The maximum Gasteiger partial charge on any atom is 0.333 e. The molecule has 0 aromatic rings. The minimum absolute atomic E-state index is 0.110. The topological polar surface area (TPSA) is 113 Å². The number of cyclic esters (lactones) is 1. The molecule has 0 aromatic heterocycles. The van der Waals surface area contributed by atoms with Gasteiger partial charge in [-0.15, -0.1) is 0 Å². The summed E-state index contributed by atoms with van der Waals surface area (Å²) in [6.07, 6.45) is 5.45. The van der Waals surface area contributed by atoms with Crippen LogP contribution in [0.4, 0.5) is 0 Å². The smallest absolute Gasteiger partial charge is 0.333 e. The van der Waals surface area contributed by atoms with Crippen LogP contribution in [0, 0.1) is 34.0 Å². The molecule has 6 aliphatic rings. The number of Topliss-reactive ketones (excluding diaryl/α,β-unsaturated/α-hetero) is 1. The highest BCUT2D eigenvalue weighted by Crippen LogP contribution is 2.76. The summed E-state index contributed by atoms with van der Waals surface area (Å²) < 4.78 is 11.3. The highest BCUT2D eigenvalue weighted by Gasteiger charge is 2.83. The lowest BCUT2D eigenvalue weighted by Crippen LogP contribution is -2.61. The lowest BCUT2D eigenvalue weighted by atomic mass is 9.44. The van der Waals surface area contributed by atoms with E-state index in [0.29, 0.717) is 24.0 Å². The number of epoxide rings is 1. The van der Waals surface area contributed by atoms with E-state index in [1.807, 2.05) is 13.0 Å². The normalized spacial score (nSPS) is 50.3. The van der Waals surface area contributed by atoms with E-state index in [-0.39, 0.29) is 35.3 Å². The maximum atomic E-state index is 13.7. The fourth-order valence-corrected chi connectivity index (χ4v) is 8.28. The van der Waals surface area contributed by atoms with Crippen LogP contribution >= 0.6 is 0 Å². The van der Waals surface area contributed by atoms with Crippen LogP contribution in [0.2, 0.25) is 0 Å². The van der Waals surface area contributed by atoms with Gasteiger partial charge in [0.2, 0.25) is 12.1 Å². The molecule has 2 saturated carbocycles. The molecule has 0 bridgehead atoms. The Balaban J connectivity index is 1.49. The zero-order valence-corrected chi connectivity index (χ0v) is 18.7. The van der Waals surface area contributed by atoms with Crippen LogP contribution < -0.4 is 0 Å². The summed E-state index contributed by atoms with van der Waals surface area (Å²) in [5, 5.41) is 21.5. The Hall–Kier alpha value is -2.25. The van der Waals surface area contributed by atoms with Gasteiger partial charge in [0, 0.05) is 22.5 Å². The molecule has 1 spiro atoms. The summed E-state index contributed by atoms with van der Waals surface area (Å²) >= 11 is 0. The second kappa shape index (κ2) is 5.62. The van der Waals surface area contributed by atoms with Crippen molar-refractivity contribution in [2.45, 2.75) is 65.0 Å². The van der Waals surface area contributed by atoms with Crippen LogP contribution in [0.5, 0.6) is 0 Å². The molecular weight excluding hydrogens is 412 g/mol. The number of ketones is 2. The van der Waals surface area contributed by atoms with E-state index in [0.717, 1.165) is 6.42 Å². The minimum atomic E-state index is -1.26. The molecule has 2 N–H and O–H groups in total. The molecule has 0 aromatic carbocycles. The van der Waals surface area contributed by atoms with Gasteiger partial charge in [-0.05, 0) is 56.6 Å². The maximum absolute atomic E-state index is 13.7. The Kier molecular flexibility index (Phi) is 3.58. The molecule has 2 aliphatic heterocycles. The van der Waals surface area contributed by atoms with Crippen LogP contribution in [0.25, 0.3) is 0 Å². The summed E-state index contributed by atoms with van der Waals surface area (Å²) in [6, 6.07) is 0. The molecule has 2 heterocycles. The molecule has 0 amide bonds. The Morgan fingerprint density at radius 2 is 1.84 bits per heavy atom. The molecule has 170 valence electrons. The number of allylic oxidation sites excluding steroid dienone is 4. The van der Waals surface area contributed by atoms with Crippen molar-refractivity contribution in [2.75, 3.05) is 0 Å². The molecule has 0 radical (unpaired) electrons. The third-order valence-corrected chi connectivity index (χ3v) is 9.79. The molecule has 6 rings (SSSR count). The predicted octanol–water partition coefficient (Wildman–Crippen LogP) is 2.54. The van der Waals surface area contributed by atoms with Crippen molar-refractivity contribution in [3.8, 4) is 0 Å². The lowest BCUT2D eigenvalue weighted by Gasteiger charge is -2.57.